The summed E-state index contributed by atoms with van der Waals surface area (Å²) < 4.78 is 5.90. The Balaban J connectivity index is 2.35. The van der Waals surface area contributed by atoms with Crippen molar-refractivity contribution in [2.75, 3.05) is 13.7 Å². The maximum Gasteiger partial charge on any atom is 0.0795 e. The number of nitrogens with one attached hydrogen (secondary N) is 1. The van der Waals surface area contributed by atoms with Crippen LogP contribution in [0.3, 0.4) is 0 Å². The molecular formula is C15H22ClNO. The van der Waals surface area contributed by atoms with Crippen molar-refractivity contribution in [1.29, 1.82) is 0 Å². The van der Waals surface area contributed by atoms with Crippen molar-refractivity contribution >= 4 is 11.6 Å². The van der Waals surface area contributed by atoms with Crippen LogP contribution in [0, 0.1) is 19.8 Å². The number of benzene rings is 1. The second-order valence-corrected chi connectivity index (χ2v) is 5.73. The van der Waals surface area contributed by atoms with Crippen LogP contribution in [0.25, 0.3) is 0 Å². The third-order valence-corrected chi connectivity index (χ3v) is 4.37. The first-order valence-corrected chi connectivity index (χ1v) is 6.98. The molecule has 0 amide bonds. The van der Waals surface area contributed by atoms with Gasteiger partial charge in [-0.25, -0.2) is 0 Å². The van der Waals surface area contributed by atoms with Gasteiger partial charge in [0.05, 0.1) is 12.1 Å². The Kier molecular flexibility index (Phi) is 4.31. The van der Waals surface area contributed by atoms with Gasteiger partial charge in [-0.1, -0.05) is 24.6 Å². The molecule has 100 valence electrons. The second-order valence-electron chi connectivity index (χ2n) is 5.33. The quantitative estimate of drug-likeness (QED) is 0.903. The maximum atomic E-state index is 6.17. The second kappa shape index (κ2) is 5.60. The van der Waals surface area contributed by atoms with E-state index < -0.39 is 0 Å². The first-order chi connectivity index (χ1) is 8.54. The smallest absolute Gasteiger partial charge is 0.0795 e. The molecule has 1 aliphatic heterocycles. The van der Waals surface area contributed by atoms with Gasteiger partial charge in [0.25, 0.3) is 0 Å². The molecule has 1 aromatic carbocycles. The molecule has 0 bridgehead atoms. The van der Waals surface area contributed by atoms with Crippen LogP contribution in [-0.4, -0.2) is 19.8 Å². The molecule has 1 fully saturated rings. The van der Waals surface area contributed by atoms with Gasteiger partial charge in [0.1, 0.15) is 0 Å². The summed E-state index contributed by atoms with van der Waals surface area (Å²) in [5.74, 6) is 0.595. The zero-order valence-electron chi connectivity index (χ0n) is 11.6. The lowest BCUT2D eigenvalue weighted by Crippen LogP contribution is -2.33. The summed E-state index contributed by atoms with van der Waals surface area (Å²) in [5.41, 5.74) is 3.66. The van der Waals surface area contributed by atoms with Crippen LogP contribution in [0.15, 0.2) is 12.1 Å². The SMILES string of the molecule is CNC(c1cc(C)c(Cl)cc1C)C1OCCC1C. The van der Waals surface area contributed by atoms with E-state index in [1.807, 2.05) is 7.05 Å². The Labute approximate surface area is 115 Å². The molecule has 2 rings (SSSR count). The first-order valence-electron chi connectivity index (χ1n) is 6.60. The van der Waals surface area contributed by atoms with Gasteiger partial charge in [-0.2, -0.15) is 0 Å². The largest absolute Gasteiger partial charge is 0.376 e. The van der Waals surface area contributed by atoms with E-state index in [1.165, 1.54) is 11.1 Å². The lowest BCUT2D eigenvalue weighted by atomic mass is 9.89. The number of likely N-dealkylation sites (N-methyl/N-ethyl adjacent to an activating group) is 1. The van der Waals surface area contributed by atoms with Gasteiger partial charge in [-0.3, -0.25) is 0 Å². The summed E-state index contributed by atoms with van der Waals surface area (Å²) >= 11 is 6.17. The summed E-state index contributed by atoms with van der Waals surface area (Å²) in [4.78, 5) is 0. The Morgan fingerprint density at radius 2 is 2.06 bits per heavy atom. The van der Waals surface area contributed by atoms with Gasteiger partial charge in [0.2, 0.25) is 0 Å². The zero-order chi connectivity index (χ0) is 13.3. The van der Waals surface area contributed by atoms with Gasteiger partial charge in [-0.15, -0.1) is 0 Å². The monoisotopic (exact) mass is 267 g/mol. The minimum Gasteiger partial charge on any atom is -0.376 e. The van der Waals surface area contributed by atoms with Crippen LogP contribution >= 0.6 is 11.6 Å². The highest BCUT2D eigenvalue weighted by Crippen LogP contribution is 2.34. The molecule has 3 atom stereocenters. The summed E-state index contributed by atoms with van der Waals surface area (Å²) in [6, 6.07) is 4.49. The Hall–Kier alpha value is -0.570. The number of hydrogen-bond donors (Lipinski definition) is 1. The molecule has 1 heterocycles. The van der Waals surface area contributed by atoms with E-state index in [9.17, 15) is 0 Å². The molecule has 1 aromatic rings. The molecule has 18 heavy (non-hydrogen) atoms. The molecule has 0 radical (unpaired) electrons. The molecule has 3 heteroatoms. The normalized spacial score (nSPS) is 25.4. The lowest BCUT2D eigenvalue weighted by Gasteiger charge is -2.28. The van der Waals surface area contributed by atoms with E-state index in [2.05, 4.69) is 38.2 Å². The van der Waals surface area contributed by atoms with E-state index in [0.717, 1.165) is 23.6 Å². The van der Waals surface area contributed by atoms with Gasteiger partial charge in [-0.05, 0) is 56.0 Å². The van der Waals surface area contributed by atoms with Gasteiger partial charge in [0, 0.05) is 11.6 Å². The van der Waals surface area contributed by atoms with Crippen molar-refractivity contribution in [2.24, 2.45) is 5.92 Å². The molecule has 2 nitrogen and oxygen atoms in total. The minimum atomic E-state index is 0.249. The Morgan fingerprint density at radius 3 is 2.61 bits per heavy atom. The van der Waals surface area contributed by atoms with Crippen molar-refractivity contribution in [1.82, 2.24) is 5.32 Å². The van der Waals surface area contributed by atoms with Gasteiger partial charge >= 0.3 is 0 Å². The highest BCUT2D eigenvalue weighted by Gasteiger charge is 2.32. The van der Waals surface area contributed by atoms with Crippen molar-refractivity contribution < 1.29 is 4.74 Å². The van der Waals surface area contributed by atoms with Crippen LogP contribution in [0.4, 0.5) is 0 Å². The van der Waals surface area contributed by atoms with E-state index >= 15 is 0 Å². The predicted octanol–water partition coefficient (Wildman–Crippen LogP) is 3.64. The van der Waals surface area contributed by atoms with Crippen LogP contribution in [0.5, 0.6) is 0 Å². The van der Waals surface area contributed by atoms with E-state index in [-0.39, 0.29) is 12.1 Å². The van der Waals surface area contributed by atoms with Crippen LogP contribution in [0.1, 0.15) is 36.1 Å². The molecule has 1 aliphatic rings. The van der Waals surface area contributed by atoms with Gasteiger partial charge < -0.3 is 10.1 Å². The maximum absolute atomic E-state index is 6.17. The van der Waals surface area contributed by atoms with Crippen molar-refractivity contribution in [3.8, 4) is 0 Å². The van der Waals surface area contributed by atoms with E-state index in [1.54, 1.807) is 0 Å². The van der Waals surface area contributed by atoms with Crippen LogP contribution < -0.4 is 5.32 Å². The molecule has 1 saturated heterocycles. The average molecular weight is 268 g/mol. The summed E-state index contributed by atoms with van der Waals surface area (Å²) in [6.45, 7) is 7.30. The number of aryl methyl sites for hydroxylation is 2. The molecular weight excluding hydrogens is 246 g/mol. The van der Waals surface area contributed by atoms with Crippen molar-refractivity contribution in [3.05, 3.63) is 33.8 Å². The minimum absolute atomic E-state index is 0.249. The molecule has 1 N–H and O–H groups in total. The van der Waals surface area contributed by atoms with Crippen molar-refractivity contribution in [2.45, 2.75) is 39.3 Å². The van der Waals surface area contributed by atoms with Crippen LogP contribution in [-0.2, 0) is 4.74 Å². The summed E-state index contributed by atoms with van der Waals surface area (Å²) in [5, 5.41) is 4.25. The number of hydrogen-bond acceptors (Lipinski definition) is 2. The summed E-state index contributed by atoms with van der Waals surface area (Å²) in [7, 11) is 2.00. The van der Waals surface area contributed by atoms with Crippen molar-refractivity contribution in [3.63, 3.8) is 0 Å². The van der Waals surface area contributed by atoms with E-state index in [0.29, 0.717) is 5.92 Å². The fourth-order valence-corrected chi connectivity index (χ4v) is 3.00. The molecule has 0 aromatic heterocycles. The lowest BCUT2D eigenvalue weighted by molar-refractivity contribution is 0.0629. The molecule has 0 spiro atoms. The predicted molar refractivity (Wildman–Crippen MR) is 76.2 cm³/mol. The Morgan fingerprint density at radius 1 is 1.33 bits per heavy atom. The fourth-order valence-electron chi connectivity index (χ4n) is 2.78. The Bertz CT molecular complexity index is 433. The number of halogens is 1. The number of ether oxygens (including phenoxy) is 1. The standard InChI is InChI=1S/C15H22ClNO/c1-9-5-6-18-15(9)14(17-4)12-7-11(3)13(16)8-10(12)2/h7-9,14-15,17H,5-6H2,1-4H3. The summed E-state index contributed by atoms with van der Waals surface area (Å²) in [6.07, 6.45) is 1.41. The molecule has 0 aliphatic carbocycles. The fraction of sp³-hybridized carbons (Fsp3) is 0.600. The average Bonchev–Trinajstić information content (AvgIpc) is 2.73. The highest BCUT2D eigenvalue weighted by atomic mass is 35.5. The third-order valence-electron chi connectivity index (χ3n) is 3.97. The molecule has 3 unspecified atom stereocenters. The topological polar surface area (TPSA) is 21.3 Å². The van der Waals surface area contributed by atoms with Gasteiger partial charge in [0.15, 0.2) is 0 Å². The van der Waals surface area contributed by atoms with Crippen LogP contribution in [0.2, 0.25) is 5.02 Å². The highest BCUT2D eigenvalue weighted by molar-refractivity contribution is 6.31. The third kappa shape index (κ3) is 2.56. The number of rotatable bonds is 3. The first kappa shape index (κ1) is 13.9. The zero-order valence-corrected chi connectivity index (χ0v) is 12.3. The molecule has 0 saturated carbocycles. The van der Waals surface area contributed by atoms with E-state index in [4.69, 9.17) is 16.3 Å².